The van der Waals surface area contributed by atoms with Gasteiger partial charge >= 0.3 is 0 Å². The zero-order chi connectivity index (χ0) is 27.2. The zero-order valence-corrected chi connectivity index (χ0v) is 22.1. The third-order valence-corrected chi connectivity index (χ3v) is 6.63. The molecular formula is C30H39NO6. The molecule has 5 atom stereocenters. The minimum absolute atomic E-state index is 0.0607. The van der Waals surface area contributed by atoms with E-state index in [9.17, 15) is 24.9 Å². The van der Waals surface area contributed by atoms with Crippen molar-refractivity contribution >= 4 is 17.3 Å². The number of rotatable bonds is 10. The predicted octanol–water partition coefficient (Wildman–Crippen LogP) is 3.09. The molecule has 1 aliphatic heterocycles. The van der Waals surface area contributed by atoms with Gasteiger partial charge in [-0.1, -0.05) is 81.5 Å². The van der Waals surface area contributed by atoms with E-state index < -0.39 is 36.1 Å². The first-order valence-electron chi connectivity index (χ1n) is 12.7. The van der Waals surface area contributed by atoms with Gasteiger partial charge in [0, 0.05) is 44.6 Å². The molecule has 0 amide bonds. The number of aliphatic hydroxyl groups is 3. The molecule has 0 spiro atoms. The second-order valence-corrected chi connectivity index (χ2v) is 10.9. The van der Waals surface area contributed by atoms with Crippen molar-refractivity contribution in [3.05, 3.63) is 77.9 Å². The maximum atomic E-state index is 13.3. The molecule has 1 aliphatic rings. The Morgan fingerprint density at radius 3 is 2.35 bits per heavy atom. The first-order valence-corrected chi connectivity index (χ1v) is 12.7. The smallest absolute Gasteiger partial charge is 0.165 e. The Kier molecular flexibility index (Phi) is 9.79. The number of anilines is 1. The Hall–Kier alpha value is -2.84. The van der Waals surface area contributed by atoms with E-state index in [2.05, 4.69) is 4.90 Å². The van der Waals surface area contributed by atoms with Crippen LogP contribution in [0, 0.1) is 11.3 Å². The lowest BCUT2D eigenvalue weighted by Crippen LogP contribution is -2.49. The topological polar surface area (TPSA) is 107 Å². The van der Waals surface area contributed by atoms with Crippen LogP contribution in [0.1, 0.15) is 38.3 Å². The molecule has 2 aromatic carbocycles. The van der Waals surface area contributed by atoms with Crippen molar-refractivity contribution in [1.29, 1.82) is 0 Å². The second kappa shape index (κ2) is 12.6. The molecule has 7 heteroatoms. The molecule has 0 radical (unpaired) electrons. The van der Waals surface area contributed by atoms with Gasteiger partial charge in [-0.15, -0.1) is 0 Å². The summed E-state index contributed by atoms with van der Waals surface area (Å²) in [5.41, 5.74) is 2.72. The number of hydrogen-bond donors (Lipinski definition) is 3. The van der Waals surface area contributed by atoms with E-state index in [1.807, 2.05) is 75.4 Å². The molecule has 3 rings (SSSR count). The fraction of sp³-hybridized carbons (Fsp3) is 0.467. The number of allylic oxidation sites excluding steroid dienone is 1. The number of hydrogen-bond acceptors (Lipinski definition) is 7. The highest BCUT2D eigenvalue weighted by atomic mass is 16.5. The lowest BCUT2D eigenvalue weighted by Gasteiger charge is -2.30. The van der Waals surface area contributed by atoms with Gasteiger partial charge in [0.2, 0.25) is 0 Å². The summed E-state index contributed by atoms with van der Waals surface area (Å²) in [7, 11) is 1.27. The first-order chi connectivity index (χ1) is 17.5. The highest BCUT2D eigenvalue weighted by Gasteiger charge is 2.38. The number of benzene rings is 2. The van der Waals surface area contributed by atoms with Crippen molar-refractivity contribution in [2.75, 3.05) is 18.6 Å². The van der Waals surface area contributed by atoms with Crippen molar-refractivity contribution in [2.24, 2.45) is 11.3 Å². The minimum atomic E-state index is -1.66. The van der Waals surface area contributed by atoms with E-state index in [-0.39, 0.29) is 24.0 Å². The summed E-state index contributed by atoms with van der Waals surface area (Å²) in [5, 5.41) is 31.5. The third-order valence-electron chi connectivity index (χ3n) is 6.63. The van der Waals surface area contributed by atoms with E-state index in [4.69, 9.17) is 4.74 Å². The van der Waals surface area contributed by atoms with Crippen LogP contribution in [-0.2, 0) is 27.3 Å². The van der Waals surface area contributed by atoms with Crippen LogP contribution in [0.15, 0.2) is 66.7 Å². The number of nitrogens with zero attached hydrogens (tertiary/aromatic N) is 1. The lowest BCUT2D eigenvalue weighted by molar-refractivity contribution is -0.148. The Labute approximate surface area is 219 Å². The summed E-state index contributed by atoms with van der Waals surface area (Å²) in [6, 6.07) is 17.7. The van der Waals surface area contributed by atoms with E-state index in [1.165, 1.54) is 13.2 Å². The van der Waals surface area contributed by atoms with E-state index in [0.717, 1.165) is 16.8 Å². The number of ketones is 2. The number of methoxy groups -OCH3 is 1. The molecule has 37 heavy (non-hydrogen) atoms. The van der Waals surface area contributed by atoms with Gasteiger partial charge in [0.15, 0.2) is 5.78 Å². The summed E-state index contributed by atoms with van der Waals surface area (Å²) < 4.78 is 5.26. The van der Waals surface area contributed by atoms with Crippen LogP contribution in [0.2, 0.25) is 0 Å². The summed E-state index contributed by atoms with van der Waals surface area (Å²) >= 11 is 0. The van der Waals surface area contributed by atoms with E-state index >= 15 is 0 Å². The van der Waals surface area contributed by atoms with Gasteiger partial charge < -0.3 is 25.0 Å². The van der Waals surface area contributed by atoms with Crippen molar-refractivity contribution < 1.29 is 29.6 Å². The van der Waals surface area contributed by atoms with Crippen LogP contribution >= 0.6 is 0 Å². The Morgan fingerprint density at radius 2 is 1.70 bits per heavy atom. The molecule has 7 nitrogen and oxygen atoms in total. The molecule has 0 aromatic heterocycles. The number of ether oxygens (including phenoxy) is 1. The number of para-hydroxylation sites is 1. The molecule has 0 aliphatic carbocycles. The fourth-order valence-electron chi connectivity index (χ4n) is 4.60. The zero-order valence-electron chi connectivity index (χ0n) is 22.1. The average Bonchev–Trinajstić information content (AvgIpc) is 2.98. The highest BCUT2D eigenvalue weighted by molar-refractivity contribution is 5.93. The molecule has 0 unspecified atom stereocenters. The summed E-state index contributed by atoms with van der Waals surface area (Å²) in [6.07, 6.45) is -2.86. The molecule has 1 heterocycles. The van der Waals surface area contributed by atoms with Crippen LogP contribution in [-0.4, -0.2) is 65.0 Å². The molecule has 0 bridgehead atoms. The molecule has 0 fully saturated rings. The molecule has 0 saturated heterocycles. The predicted molar refractivity (Wildman–Crippen MR) is 143 cm³/mol. The summed E-state index contributed by atoms with van der Waals surface area (Å²) in [6.45, 7) is 6.72. The summed E-state index contributed by atoms with van der Waals surface area (Å²) in [4.78, 5) is 28.6. The minimum Gasteiger partial charge on any atom is -0.387 e. The van der Waals surface area contributed by atoms with Gasteiger partial charge in [0.05, 0.1) is 0 Å². The normalized spacial score (nSPS) is 19.7. The number of Topliss-reactive ketones (excluding diaryl/α,β-unsaturated/α-hetero) is 2. The fourth-order valence-corrected chi connectivity index (χ4v) is 4.60. The van der Waals surface area contributed by atoms with Gasteiger partial charge in [-0.2, -0.15) is 0 Å². The first kappa shape index (κ1) is 28.7. The Morgan fingerprint density at radius 1 is 1.05 bits per heavy atom. The van der Waals surface area contributed by atoms with E-state index in [1.54, 1.807) is 6.08 Å². The lowest BCUT2D eigenvalue weighted by atomic mass is 9.89. The number of fused-ring (bicyclic) bond motifs is 1. The quantitative estimate of drug-likeness (QED) is 0.423. The monoisotopic (exact) mass is 509 g/mol. The summed E-state index contributed by atoms with van der Waals surface area (Å²) in [5.74, 6) is -1.17. The molecule has 0 saturated carbocycles. The average molecular weight is 510 g/mol. The van der Waals surface area contributed by atoms with Crippen LogP contribution in [0.3, 0.4) is 0 Å². The van der Waals surface area contributed by atoms with Gasteiger partial charge in [0.1, 0.15) is 30.2 Å². The maximum Gasteiger partial charge on any atom is 0.165 e. The van der Waals surface area contributed by atoms with Gasteiger partial charge in [-0.25, -0.2) is 0 Å². The Bertz CT molecular complexity index is 1080. The number of carbonyl (C=O) groups excluding carboxylic acids is 2. The van der Waals surface area contributed by atoms with Crippen LogP contribution in [0.4, 0.5) is 5.69 Å². The highest BCUT2D eigenvalue weighted by Crippen LogP contribution is 2.30. The van der Waals surface area contributed by atoms with E-state index in [0.29, 0.717) is 13.1 Å². The van der Waals surface area contributed by atoms with Crippen molar-refractivity contribution in [2.45, 2.75) is 64.6 Å². The van der Waals surface area contributed by atoms with Crippen LogP contribution in [0.5, 0.6) is 0 Å². The number of carbonyl (C=O) groups is 2. The molecule has 3 N–H and O–H groups in total. The molecule has 2 aromatic rings. The van der Waals surface area contributed by atoms with Crippen LogP contribution in [0.25, 0.3) is 0 Å². The standard InChI is InChI=1S/C30H39NO6/c1-30(2,3)15-14-24(32)27(35)28(36)29(37-4)26(34)17-22-19-31(18-20-10-6-5-7-11-20)23-13-9-8-12-21(23)16-25(22)33/h5-15,22,24,27-29,32,35-36H,16-19H2,1-4H3/b15-14+/t22-,24+,27-,28+,29-/m0/s1. The number of aliphatic hydroxyl groups excluding tert-OH is 3. The molecule has 200 valence electrons. The van der Waals surface area contributed by atoms with Gasteiger partial charge in [-0.05, 0) is 22.6 Å². The maximum absolute atomic E-state index is 13.3. The SMILES string of the molecule is CO[C@@H](C(=O)C[C@H]1CN(Cc2ccccc2)c2ccccc2CC1=O)[C@H](O)[C@@H](O)[C@H](O)/C=C/C(C)(C)C. The van der Waals surface area contributed by atoms with Crippen molar-refractivity contribution in [3.63, 3.8) is 0 Å². The molecular weight excluding hydrogens is 470 g/mol. The van der Waals surface area contributed by atoms with Gasteiger partial charge in [0.25, 0.3) is 0 Å². The second-order valence-electron chi connectivity index (χ2n) is 10.9. The van der Waals surface area contributed by atoms with Crippen LogP contribution < -0.4 is 4.90 Å². The largest absolute Gasteiger partial charge is 0.387 e. The van der Waals surface area contributed by atoms with Gasteiger partial charge in [-0.3, -0.25) is 9.59 Å². The third kappa shape index (κ3) is 7.82. The Balaban J connectivity index is 1.76. The van der Waals surface area contributed by atoms with Crippen molar-refractivity contribution in [3.8, 4) is 0 Å². The van der Waals surface area contributed by atoms with Crippen molar-refractivity contribution in [1.82, 2.24) is 0 Å².